The van der Waals surface area contributed by atoms with Gasteiger partial charge in [-0.05, 0) is 32.0 Å². The highest BCUT2D eigenvalue weighted by Crippen LogP contribution is 2.28. The maximum atomic E-state index is 11.8. The maximum Gasteiger partial charge on any atom is 0.286 e. The molecule has 118 valence electrons. The Kier molecular flexibility index (Phi) is 4.57. The van der Waals surface area contributed by atoms with Crippen molar-refractivity contribution in [2.24, 2.45) is 0 Å². The van der Waals surface area contributed by atoms with Gasteiger partial charge in [0, 0.05) is 23.4 Å². The van der Waals surface area contributed by atoms with Crippen molar-refractivity contribution in [3.63, 3.8) is 0 Å². The Morgan fingerprint density at radius 2 is 2.13 bits per heavy atom. The average molecular weight is 326 g/mol. The third kappa shape index (κ3) is 3.68. The number of amides is 1. The van der Waals surface area contributed by atoms with Gasteiger partial charge in [-0.2, -0.15) is 0 Å². The molecule has 0 unspecified atom stereocenters. The monoisotopic (exact) mass is 326 g/mol. The summed E-state index contributed by atoms with van der Waals surface area (Å²) in [6.07, 6.45) is 2.26. The second kappa shape index (κ2) is 6.79. The summed E-state index contributed by atoms with van der Waals surface area (Å²) in [5.41, 5.74) is 3.39. The normalized spacial score (nSPS) is 10.7. The Hall–Kier alpha value is -2.40. The largest absolute Gasteiger partial charge is 0.459 e. The highest BCUT2D eigenvalue weighted by molar-refractivity contribution is 7.15. The van der Waals surface area contributed by atoms with Crippen LogP contribution >= 0.6 is 11.3 Å². The van der Waals surface area contributed by atoms with Crippen LogP contribution in [0.2, 0.25) is 0 Å². The molecule has 2 aromatic heterocycles. The number of hydrogen-bond acceptors (Lipinski definition) is 4. The van der Waals surface area contributed by atoms with Crippen molar-refractivity contribution in [1.29, 1.82) is 0 Å². The third-order valence-electron chi connectivity index (χ3n) is 3.54. The molecule has 5 heteroatoms. The van der Waals surface area contributed by atoms with Crippen molar-refractivity contribution in [2.45, 2.75) is 20.3 Å². The van der Waals surface area contributed by atoms with Gasteiger partial charge < -0.3 is 9.73 Å². The molecule has 0 spiro atoms. The Balaban J connectivity index is 1.64. The fourth-order valence-corrected chi connectivity index (χ4v) is 3.40. The van der Waals surface area contributed by atoms with E-state index >= 15 is 0 Å². The molecule has 1 N–H and O–H groups in total. The van der Waals surface area contributed by atoms with Gasteiger partial charge in [0.1, 0.15) is 5.01 Å². The zero-order valence-electron chi connectivity index (χ0n) is 13.1. The molecule has 1 amide bonds. The summed E-state index contributed by atoms with van der Waals surface area (Å²) >= 11 is 1.68. The molecule has 0 saturated carbocycles. The van der Waals surface area contributed by atoms with Crippen LogP contribution in [0.1, 0.15) is 26.7 Å². The van der Waals surface area contributed by atoms with Crippen LogP contribution in [0.5, 0.6) is 0 Å². The summed E-state index contributed by atoms with van der Waals surface area (Å²) in [5, 5.41) is 3.89. The molecular formula is C18H18N2O2S. The molecule has 23 heavy (non-hydrogen) atoms. The zero-order valence-corrected chi connectivity index (χ0v) is 13.9. The molecule has 0 fully saturated rings. The first-order valence-corrected chi connectivity index (χ1v) is 8.30. The van der Waals surface area contributed by atoms with Crippen LogP contribution in [-0.2, 0) is 6.42 Å². The van der Waals surface area contributed by atoms with Gasteiger partial charge in [-0.15, -0.1) is 11.3 Å². The molecule has 0 saturated heterocycles. The lowest BCUT2D eigenvalue weighted by atomic mass is 10.1. The van der Waals surface area contributed by atoms with Crippen LogP contribution in [-0.4, -0.2) is 17.4 Å². The summed E-state index contributed by atoms with van der Waals surface area (Å²) in [4.78, 5) is 17.7. The van der Waals surface area contributed by atoms with Crippen LogP contribution in [0.15, 0.2) is 47.1 Å². The molecule has 0 aliphatic carbocycles. The van der Waals surface area contributed by atoms with Gasteiger partial charge in [0.15, 0.2) is 5.76 Å². The first-order chi connectivity index (χ1) is 11.1. The molecule has 0 atom stereocenters. The molecule has 0 aliphatic rings. The van der Waals surface area contributed by atoms with E-state index in [1.807, 2.05) is 13.0 Å². The molecule has 0 bridgehead atoms. The van der Waals surface area contributed by atoms with Gasteiger partial charge in [0.25, 0.3) is 5.91 Å². The quantitative estimate of drug-likeness (QED) is 0.771. The number of benzene rings is 1. The summed E-state index contributed by atoms with van der Waals surface area (Å²) in [6, 6.07) is 11.7. The smallest absolute Gasteiger partial charge is 0.286 e. The molecule has 3 aromatic rings. The van der Waals surface area contributed by atoms with Gasteiger partial charge in [-0.3, -0.25) is 4.79 Å². The SMILES string of the molecule is Cc1cccc(-c2nc(C)c(CCNC(=O)c3ccco3)s2)c1. The van der Waals surface area contributed by atoms with E-state index in [-0.39, 0.29) is 5.91 Å². The number of hydrogen-bond donors (Lipinski definition) is 1. The zero-order chi connectivity index (χ0) is 16.2. The molecule has 2 heterocycles. The predicted octanol–water partition coefficient (Wildman–Crippen LogP) is 3.99. The molecule has 1 aromatic carbocycles. The molecule has 4 nitrogen and oxygen atoms in total. The summed E-state index contributed by atoms with van der Waals surface area (Å²) in [5.74, 6) is 0.155. The summed E-state index contributed by atoms with van der Waals surface area (Å²) in [7, 11) is 0. The average Bonchev–Trinajstić information content (AvgIpc) is 3.18. The fourth-order valence-electron chi connectivity index (χ4n) is 2.35. The predicted molar refractivity (Wildman–Crippen MR) is 91.8 cm³/mol. The Morgan fingerprint density at radius 1 is 1.26 bits per heavy atom. The molecular weight excluding hydrogens is 308 g/mol. The number of furan rings is 1. The number of nitrogens with zero attached hydrogens (tertiary/aromatic N) is 1. The van der Waals surface area contributed by atoms with E-state index in [0.29, 0.717) is 12.3 Å². The molecule has 3 rings (SSSR count). The van der Waals surface area contributed by atoms with Crippen molar-refractivity contribution >= 4 is 17.2 Å². The van der Waals surface area contributed by atoms with Crippen LogP contribution in [0.3, 0.4) is 0 Å². The van der Waals surface area contributed by atoms with E-state index in [4.69, 9.17) is 4.42 Å². The van der Waals surface area contributed by atoms with Gasteiger partial charge in [0.2, 0.25) is 0 Å². The van der Waals surface area contributed by atoms with Crippen molar-refractivity contribution in [1.82, 2.24) is 10.3 Å². The van der Waals surface area contributed by atoms with Gasteiger partial charge in [-0.25, -0.2) is 4.98 Å². The number of carbonyl (C=O) groups excluding carboxylic acids is 1. The van der Waals surface area contributed by atoms with E-state index in [9.17, 15) is 4.79 Å². The molecule has 0 aliphatic heterocycles. The van der Waals surface area contributed by atoms with Crippen LogP contribution in [0, 0.1) is 13.8 Å². The lowest BCUT2D eigenvalue weighted by molar-refractivity contribution is 0.0926. The lowest BCUT2D eigenvalue weighted by Crippen LogP contribution is -2.25. The van der Waals surface area contributed by atoms with E-state index in [0.717, 1.165) is 22.7 Å². The Morgan fingerprint density at radius 3 is 2.87 bits per heavy atom. The van der Waals surface area contributed by atoms with E-state index in [2.05, 4.69) is 35.4 Å². The maximum absolute atomic E-state index is 11.8. The van der Waals surface area contributed by atoms with Crippen molar-refractivity contribution in [3.05, 3.63) is 64.6 Å². The van der Waals surface area contributed by atoms with Crippen LogP contribution < -0.4 is 5.32 Å². The minimum absolute atomic E-state index is 0.184. The first kappa shape index (κ1) is 15.5. The van der Waals surface area contributed by atoms with Gasteiger partial charge in [0.05, 0.1) is 12.0 Å². The number of nitrogens with one attached hydrogen (secondary N) is 1. The number of carbonyl (C=O) groups is 1. The Bertz CT molecular complexity index is 806. The fraction of sp³-hybridized carbons (Fsp3) is 0.222. The van der Waals surface area contributed by atoms with Crippen LogP contribution in [0.4, 0.5) is 0 Å². The second-order valence-corrected chi connectivity index (χ2v) is 6.46. The summed E-state index contributed by atoms with van der Waals surface area (Å²) in [6.45, 7) is 4.66. The molecule has 0 radical (unpaired) electrons. The topological polar surface area (TPSA) is 55.1 Å². The van der Waals surface area contributed by atoms with E-state index in [1.54, 1.807) is 23.5 Å². The van der Waals surface area contributed by atoms with Crippen molar-refractivity contribution < 1.29 is 9.21 Å². The van der Waals surface area contributed by atoms with Crippen molar-refractivity contribution in [3.8, 4) is 10.6 Å². The highest BCUT2D eigenvalue weighted by atomic mass is 32.1. The third-order valence-corrected chi connectivity index (χ3v) is 4.81. The number of rotatable bonds is 5. The van der Waals surface area contributed by atoms with Gasteiger partial charge in [-0.1, -0.05) is 23.8 Å². The van der Waals surface area contributed by atoms with E-state index < -0.39 is 0 Å². The highest BCUT2D eigenvalue weighted by Gasteiger charge is 2.11. The second-order valence-electron chi connectivity index (χ2n) is 5.38. The first-order valence-electron chi connectivity index (χ1n) is 7.48. The number of aryl methyl sites for hydroxylation is 2. The standard InChI is InChI=1S/C18H18N2O2S/c1-12-5-3-6-14(11-12)18-20-13(2)16(23-18)8-9-19-17(21)15-7-4-10-22-15/h3-7,10-11H,8-9H2,1-2H3,(H,19,21). The minimum Gasteiger partial charge on any atom is -0.459 e. The Labute approximate surface area is 139 Å². The number of aromatic nitrogens is 1. The lowest BCUT2D eigenvalue weighted by Gasteiger charge is -2.02. The van der Waals surface area contributed by atoms with E-state index in [1.165, 1.54) is 16.7 Å². The summed E-state index contributed by atoms with van der Waals surface area (Å²) < 4.78 is 5.07. The van der Waals surface area contributed by atoms with Crippen LogP contribution in [0.25, 0.3) is 10.6 Å². The van der Waals surface area contributed by atoms with Crippen molar-refractivity contribution in [2.75, 3.05) is 6.54 Å². The number of thiazole rings is 1. The minimum atomic E-state index is -0.184. The van der Waals surface area contributed by atoms with Gasteiger partial charge >= 0.3 is 0 Å².